The molecule has 0 spiro atoms. The van der Waals surface area contributed by atoms with Gasteiger partial charge in [-0.3, -0.25) is 0 Å². The van der Waals surface area contributed by atoms with Gasteiger partial charge < -0.3 is 5.73 Å². The van der Waals surface area contributed by atoms with Crippen molar-refractivity contribution in [3.05, 3.63) is 65.5 Å². The molecule has 2 heteroatoms. The summed E-state index contributed by atoms with van der Waals surface area (Å²) in [5, 5.41) is 2.32. The van der Waals surface area contributed by atoms with Gasteiger partial charge in [0.1, 0.15) is 5.82 Å². The van der Waals surface area contributed by atoms with Gasteiger partial charge in [0.05, 0.1) is 0 Å². The van der Waals surface area contributed by atoms with Crippen molar-refractivity contribution in [3.63, 3.8) is 0 Å². The highest BCUT2D eigenvalue weighted by atomic mass is 19.1. The van der Waals surface area contributed by atoms with Crippen molar-refractivity contribution < 1.29 is 4.39 Å². The maximum Gasteiger partial charge on any atom is 0.126 e. The molecule has 0 unspecified atom stereocenters. The number of fused-ring (bicyclic) bond motifs is 1. The van der Waals surface area contributed by atoms with Crippen LogP contribution in [0.25, 0.3) is 21.9 Å². The second kappa shape index (κ2) is 5.21. The molecular weight excluding hydrogens is 261 g/mol. The summed E-state index contributed by atoms with van der Waals surface area (Å²) in [7, 11) is 0. The lowest BCUT2D eigenvalue weighted by Gasteiger charge is -2.09. The summed E-state index contributed by atoms with van der Waals surface area (Å²) in [6, 6.07) is 15.6. The van der Waals surface area contributed by atoms with Crippen LogP contribution in [0, 0.1) is 12.7 Å². The van der Waals surface area contributed by atoms with Gasteiger partial charge in [0.2, 0.25) is 0 Å². The Labute approximate surface area is 124 Å². The Hall–Kier alpha value is -2.35. The number of nitrogen functional groups attached to an aromatic ring is 1. The number of halogens is 1. The number of aryl methyl sites for hydroxylation is 2. The minimum atomic E-state index is -0.137. The lowest BCUT2D eigenvalue weighted by molar-refractivity contribution is 0.612. The molecule has 21 heavy (non-hydrogen) atoms. The fourth-order valence-electron chi connectivity index (χ4n) is 2.80. The minimum absolute atomic E-state index is 0.137. The Morgan fingerprint density at radius 2 is 1.67 bits per heavy atom. The number of hydrogen-bond donors (Lipinski definition) is 1. The van der Waals surface area contributed by atoms with Crippen LogP contribution in [-0.2, 0) is 6.42 Å². The van der Waals surface area contributed by atoms with Gasteiger partial charge in [-0.25, -0.2) is 4.39 Å². The average Bonchev–Trinajstić information content (AvgIpc) is 2.47. The van der Waals surface area contributed by atoms with E-state index in [2.05, 4.69) is 25.1 Å². The third kappa shape index (κ3) is 2.49. The lowest BCUT2D eigenvalue weighted by atomic mass is 9.97. The first-order valence-electron chi connectivity index (χ1n) is 7.17. The summed E-state index contributed by atoms with van der Waals surface area (Å²) >= 11 is 0. The molecule has 0 aromatic heterocycles. The number of nitrogens with two attached hydrogens (primary N) is 1. The smallest absolute Gasteiger partial charge is 0.126 e. The predicted molar refractivity (Wildman–Crippen MR) is 87.9 cm³/mol. The number of benzene rings is 3. The molecule has 0 radical (unpaired) electrons. The van der Waals surface area contributed by atoms with Crippen molar-refractivity contribution in [1.82, 2.24) is 0 Å². The molecular formula is C19H18FN. The summed E-state index contributed by atoms with van der Waals surface area (Å²) in [6.45, 7) is 4.03. The Bertz CT molecular complexity index is 821. The summed E-state index contributed by atoms with van der Waals surface area (Å²) in [5.74, 6) is -0.137. The van der Waals surface area contributed by atoms with Crippen LogP contribution in [0.1, 0.15) is 18.1 Å². The Kier molecular flexibility index (Phi) is 3.38. The van der Waals surface area contributed by atoms with Crippen molar-refractivity contribution >= 4 is 16.5 Å². The Balaban J connectivity index is 2.17. The van der Waals surface area contributed by atoms with Crippen molar-refractivity contribution in [2.45, 2.75) is 20.3 Å². The van der Waals surface area contributed by atoms with Crippen LogP contribution >= 0.6 is 0 Å². The maximum atomic E-state index is 13.6. The second-order valence-electron chi connectivity index (χ2n) is 5.43. The van der Waals surface area contributed by atoms with Crippen LogP contribution in [-0.4, -0.2) is 0 Å². The van der Waals surface area contributed by atoms with E-state index in [1.807, 2.05) is 31.2 Å². The number of hydrogen-bond acceptors (Lipinski definition) is 1. The van der Waals surface area contributed by atoms with E-state index >= 15 is 0 Å². The Morgan fingerprint density at radius 1 is 0.952 bits per heavy atom. The molecule has 0 heterocycles. The summed E-state index contributed by atoms with van der Waals surface area (Å²) in [6.07, 6.45) is 0.694. The molecule has 106 valence electrons. The van der Waals surface area contributed by atoms with E-state index in [0.29, 0.717) is 6.42 Å². The van der Waals surface area contributed by atoms with Gasteiger partial charge >= 0.3 is 0 Å². The average molecular weight is 279 g/mol. The van der Waals surface area contributed by atoms with Gasteiger partial charge in [0.25, 0.3) is 0 Å². The molecule has 0 aliphatic rings. The fraction of sp³-hybridized carbons (Fsp3) is 0.158. The van der Waals surface area contributed by atoms with Gasteiger partial charge in [-0.15, -0.1) is 0 Å². The van der Waals surface area contributed by atoms with Gasteiger partial charge in [-0.1, -0.05) is 25.1 Å². The molecule has 3 rings (SSSR count). The SMILES string of the molecule is CCc1cc(-c2ccc3c(C)cc(N)cc3c2)ccc1F. The highest BCUT2D eigenvalue weighted by Crippen LogP contribution is 2.29. The molecule has 1 nitrogen and oxygen atoms in total. The van der Waals surface area contributed by atoms with E-state index in [1.54, 1.807) is 6.07 Å². The predicted octanol–water partition coefficient (Wildman–Crippen LogP) is 5.10. The first-order valence-corrected chi connectivity index (χ1v) is 7.17. The van der Waals surface area contributed by atoms with Gasteiger partial charge in [0, 0.05) is 5.69 Å². The van der Waals surface area contributed by atoms with Crippen molar-refractivity contribution in [2.75, 3.05) is 5.73 Å². The molecule has 0 saturated carbocycles. The highest BCUT2D eigenvalue weighted by Gasteiger charge is 2.06. The number of anilines is 1. The standard InChI is InChI=1S/C19H18FN/c1-3-13-9-15(5-7-19(13)20)14-4-6-18-12(2)8-17(21)11-16(18)10-14/h4-11H,3,21H2,1-2H3. The molecule has 3 aromatic rings. The summed E-state index contributed by atoms with van der Waals surface area (Å²) in [5.41, 5.74) is 10.7. The van der Waals surface area contributed by atoms with Crippen LogP contribution in [0.3, 0.4) is 0 Å². The second-order valence-corrected chi connectivity index (χ2v) is 5.43. The van der Waals surface area contributed by atoms with Gasteiger partial charge in [-0.2, -0.15) is 0 Å². The fourth-order valence-corrected chi connectivity index (χ4v) is 2.80. The quantitative estimate of drug-likeness (QED) is 0.649. The first kappa shape index (κ1) is 13.6. The molecule has 0 aliphatic heterocycles. The molecule has 0 fully saturated rings. The first-order chi connectivity index (χ1) is 10.1. The maximum absolute atomic E-state index is 13.6. The largest absolute Gasteiger partial charge is 0.399 e. The van der Waals surface area contributed by atoms with Crippen molar-refractivity contribution in [1.29, 1.82) is 0 Å². The zero-order valence-corrected chi connectivity index (χ0v) is 12.3. The van der Waals surface area contributed by atoms with E-state index in [4.69, 9.17) is 5.73 Å². The molecule has 3 aromatic carbocycles. The molecule has 0 aliphatic carbocycles. The molecule has 0 atom stereocenters. The van der Waals surface area contributed by atoms with E-state index in [1.165, 1.54) is 10.9 Å². The van der Waals surface area contributed by atoms with Crippen molar-refractivity contribution in [2.24, 2.45) is 0 Å². The van der Waals surface area contributed by atoms with Crippen LogP contribution in [0.15, 0.2) is 48.5 Å². The monoisotopic (exact) mass is 279 g/mol. The van der Waals surface area contributed by atoms with Crippen LogP contribution in [0.4, 0.5) is 10.1 Å². The highest BCUT2D eigenvalue weighted by molar-refractivity contribution is 5.92. The zero-order valence-electron chi connectivity index (χ0n) is 12.3. The van der Waals surface area contributed by atoms with Crippen LogP contribution < -0.4 is 5.73 Å². The van der Waals surface area contributed by atoms with Gasteiger partial charge in [-0.05, 0) is 76.7 Å². The normalized spacial score (nSPS) is 11.0. The van der Waals surface area contributed by atoms with Crippen molar-refractivity contribution in [3.8, 4) is 11.1 Å². The zero-order chi connectivity index (χ0) is 15.0. The van der Waals surface area contributed by atoms with E-state index in [-0.39, 0.29) is 5.82 Å². The number of rotatable bonds is 2. The van der Waals surface area contributed by atoms with Gasteiger partial charge in [0.15, 0.2) is 0 Å². The van der Waals surface area contributed by atoms with Crippen LogP contribution in [0.2, 0.25) is 0 Å². The summed E-state index contributed by atoms with van der Waals surface area (Å²) < 4.78 is 13.6. The summed E-state index contributed by atoms with van der Waals surface area (Å²) in [4.78, 5) is 0. The van der Waals surface area contributed by atoms with Crippen LogP contribution in [0.5, 0.6) is 0 Å². The topological polar surface area (TPSA) is 26.0 Å². The lowest BCUT2D eigenvalue weighted by Crippen LogP contribution is -1.90. The molecule has 0 saturated heterocycles. The minimum Gasteiger partial charge on any atom is -0.399 e. The Morgan fingerprint density at radius 3 is 2.43 bits per heavy atom. The third-order valence-corrected chi connectivity index (χ3v) is 3.94. The van der Waals surface area contributed by atoms with E-state index in [0.717, 1.165) is 27.8 Å². The molecule has 2 N–H and O–H groups in total. The molecule has 0 amide bonds. The third-order valence-electron chi connectivity index (χ3n) is 3.94. The molecule has 0 bridgehead atoms. The van der Waals surface area contributed by atoms with E-state index < -0.39 is 0 Å². The van der Waals surface area contributed by atoms with E-state index in [9.17, 15) is 4.39 Å².